The van der Waals surface area contributed by atoms with Crippen LogP contribution in [0.3, 0.4) is 0 Å². The first kappa shape index (κ1) is 20.0. The van der Waals surface area contributed by atoms with Gasteiger partial charge >= 0.3 is 0 Å². The molecule has 2 aromatic rings. The first-order valence-electron chi connectivity index (χ1n) is 7.20. The van der Waals surface area contributed by atoms with Crippen molar-refractivity contribution in [3.63, 3.8) is 0 Å². The highest BCUT2D eigenvalue weighted by atomic mass is 35.5. The highest BCUT2D eigenvalue weighted by Gasteiger charge is 2.33. The van der Waals surface area contributed by atoms with Crippen LogP contribution in [0.15, 0.2) is 28.2 Å². The number of halogens is 2. The topological polar surface area (TPSA) is 81.1 Å². The molecule has 2 aromatic heterocycles. The molecule has 0 aliphatic heterocycles. The van der Waals surface area contributed by atoms with Gasteiger partial charge in [0.15, 0.2) is 0 Å². The van der Waals surface area contributed by atoms with Crippen molar-refractivity contribution in [3.05, 3.63) is 29.5 Å². The van der Waals surface area contributed by atoms with Crippen LogP contribution < -0.4 is 11.1 Å². The zero-order valence-corrected chi connectivity index (χ0v) is 15.1. The van der Waals surface area contributed by atoms with Gasteiger partial charge in [0.1, 0.15) is 6.26 Å². The normalized spacial score (nSPS) is 15.5. The smallest absolute Gasteiger partial charge is 0.236 e. The number of thiophene rings is 1. The minimum absolute atomic E-state index is 0. The third-order valence-electron chi connectivity index (χ3n) is 3.98. The summed E-state index contributed by atoms with van der Waals surface area (Å²) in [6, 6.07) is 3.89. The predicted molar refractivity (Wildman–Crippen MR) is 96.4 cm³/mol. The summed E-state index contributed by atoms with van der Waals surface area (Å²) in [4.78, 5) is 17.5. The van der Waals surface area contributed by atoms with E-state index >= 15 is 0 Å². The maximum atomic E-state index is 12.2. The molecule has 5 nitrogen and oxygen atoms in total. The minimum Gasteiger partial charge on any atom is -0.444 e. The number of nitrogens with zero attached hydrogens (tertiary/aromatic N) is 1. The Labute approximate surface area is 151 Å². The van der Waals surface area contributed by atoms with Crippen molar-refractivity contribution in [3.8, 4) is 10.8 Å². The lowest BCUT2D eigenvalue weighted by molar-refractivity contribution is -0.122. The Hall–Kier alpha value is -1.08. The number of hydrogen-bond acceptors (Lipinski definition) is 5. The summed E-state index contributed by atoms with van der Waals surface area (Å²) < 4.78 is 5.43. The van der Waals surface area contributed by atoms with Crippen molar-refractivity contribution in [1.82, 2.24) is 10.3 Å². The second kappa shape index (κ2) is 8.68. The molecule has 1 aliphatic rings. The highest BCUT2D eigenvalue weighted by molar-refractivity contribution is 7.13. The van der Waals surface area contributed by atoms with Crippen molar-refractivity contribution in [2.24, 2.45) is 5.73 Å². The molecule has 1 amide bonds. The van der Waals surface area contributed by atoms with E-state index in [2.05, 4.69) is 10.3 Å². The van der Waals surface area contributed by atoms with Crippen molar-refractivity contribution in [1.29, 1.82) is 0 Å². The molecule has 3 N–H and O–H groups in total. The third-order valence-corrected chi connectivity index (χ3v) is 4.84. The molecule has 1 fully saturated rings. The molecule has 1 aliphatic carbocycles. The van der Waals surface area contributed by atoms with Crippen molar-refractivity contribution in [2.75, 3.05) is 6.54 Å². The molecule has 8 heteroatoms. The van der Waals surface area contributed by atoms with Crippen LogP contribution in [0.4, 0.5) is 0 Å². The van der Waals surface area contributed by atoms with Gasteiger partial charge in [-0.2, -0.15) is 0 Å². The first-order chi connectivity index (χ1) is 10.2. The largest absolute Gasteiger partial charge is 0.444 e. The van der Waals surface area contributed by atoms with Crippen LogP contribution in [-0.4, -0.2) is 23.0 Å². The summed E-state index contributed by atoms with van der Waals surface area (Å²) in [6.07, 6.45) is 5.98. The molecule has 128 valence electrons. The van der Waals surface area contributed by atoms with Crippen molar-refractivity contribution >= 4 is 42.1 Å². The van der Waals surface area contributed by atoms with Crippen LogP contribution in [0.5, 0.6) is 0 Å². The Morgan fingerprint density at radius 2 is 2.13 bits per heavy atom. The number of carbonyl (C=O) groups is 1. The fraction of sp³-hybridized carbons (Fsp3) is 0.467. The van der Waals surface area contributed by atoms with Crippen LogP contribution in [0, 0.1) is 0 Å². The fourth-order valence-corrected chi connectivity index (χ4v) is 3.49. The van der Waals surface area contributed by atoms with E-state index in [0.29, 0.717) is 18.1 Å². The summed E-state index contributed by atoms with van der Waals surface area (Å²) in [5.74, 6) is 0.538. The van der Waals surface area contributed by atoms with Gasteiger partial charge < -0.3 is 15.5 Å². The summed E-state index contributed by atoms with van der Waals surface area (Å²) in [5.41, 5.74) is 6.27. The quantitative estimate of drug-likeness (QED) is 0.837. The molecule has 0 aromatic carbocycles. The van der Waals surface area contributed by atoms with Crippen molar-refractivity contribution in [2.45, 2.75) is 37.6 Å². The Kier molecular flexibility index (Phi) is 7.54. The van der Waals surface area contributed by atoms with Gasteiger partial charge in [-0.3, -0.25) is 4.79 Å². The number of nitrogens with one attached hydrogen (secondary N) is 1. The molecule has 23 heavy (non-hydrogen) atoms. The van der Waals surface area contributed by atoms with Gasteiger partial charge in [-0.05, 0) is 24.3 Å². The molecular formula is C15H21Cl2N3O2S. The van der Waals surface area contributed by atoms with Gasteiger partial charge in [0.05, 0.1) is 22.5 Å². The van der Waals surface area contributed by atoms with Gasteiger partial charge in [0.2, 0.25) is 11.8 Å². The Bertz CT molecular complexity index is 610. The third kappa shape index (κ3) is 4.70. The number of oxazole rings is 1. The van der Waals surface area contributed by atoms with Gasteiger partial charge in [-0.15, -0.1) is 36.2 Å². The zero-order valence-electron chi connectivity index (χ0n) is 12.6. The lowest BCUT2D eigenvalue weighted by Gasteiger charge is -2.28. The van der Waals surface area contributed by atoms with E-state index in [-0.39, 0.29) is 42.7 Å². The van der Waals surface area contributed by atoms with E-state index in [9.17, 15) is 4.79 Å². The molecule has 2 heterocycles. The molecule has 0 spiro atoms. The molecule has 0 unspecified atom stereocenters. The fourth-order valence-electron chi connectivity index (χ4n) is 2.84. The van der Waals surface area contributed by atoms with E-state index in [0.717, 1.165) is 30.6 Å². The van der Waals surface area contributed by atoms with E-state index in [4.69, 9.17) is 10.2 Å². The zero-order chi connectivity index (χ0) is 14.7. The maximum Gasteiger partial charge on any atom is 0.236 e. The van der Waals surface area contributed by atoms with E-state index in [1.165, 1.54) is 0 Å². The molecule has 0 bridgehead atoms. The number of rotatable bonds is 5. The molecule has 0 saturated heterocycles. The monoisotopic (exact) mass is 377 g/mol. The Balaban J connectivity index is 0.00000132. The summed E-state index contributed by atoms with van der Waals surface area (Å²) >= 11 is 1.56. The Morgan fingerprint density at radius 3 is 2.74 bits per heavy atom. The van der Waals surface area contributed by atoms with Crippen LogP contribution >= 0.6 is 36.2 Å². The standard InChI is InChI=1S/C15H19N3O2S.2ClH/c16-10-15(5-1-2-6-15)18-13(19)8-11-9-20-14(17-11)12-4-3-7-21-12;;/h3-4,7,9H,1-2,5-6,8,10,16H2,(H,18,19);2*1H. The average molecular weight is 378 g/mol. The summed E-state index contributed by atoms with van der Waals surface area (Å²) in [6.45, 7) is 0.498. The van der Waals surface area contributed by atoms with Crippen LogP contribution in [0.25, 0.3) is 10.8 Å². The summed E-state index contributed by atoms with van der Waals surface area (Å²) in [7, 11) is 0. The number of amides is 1. The van der Waals surface area contributed by atoms with Crippen LogP contribution in [0.2, 0.25) is 0 Å². The van der Waals surface area contributed by atoms with E-state index < -0.39 is 0 Å². The summed E-state index contributed by atoms with van der Waals surface area (Å²) in [5, 5.41) is 5.06. The van der Waals surface area contributed by atoms with Gasteiger partial charge in [-0.1, -0.05) is 18.9 Å². The first-order valence-corrected chi connectivity index (χ1v) is 8.08. The van der Waals surface area contributed by atoms with Crippen LogP contribution in [-0.2, 0) is 11.2 Å². The Morgan fingerprint density at radius 1 is 1.39 bits per heavy atom. The molecule has 3 rings (SSSR count). The molecular weight excluding hydrogens is 357 g/mol. The maximum absolute atomic E-state index is 12.2. The highest BCUT2D eigenvalue weighted by Crippen LogP contribution is 2.29. The van der Waals surface area contributed by atoms with Crippen LogP contribution in [0.1, 0.15) is 31.4 Å². The van der Waals surface area contributed by atoms with Gasteiger partial charge in [-0.25, -0.2) is 4.98 Å². The SMILES string of the molecule is Cl.Cl.NCC1(NC(=O)Cc2coc(-c3cccs3)n2)CCCC1. The molecule has 0 atom stereocenters. The van der Waals surface area contributed by atoms with E-state index in [1.54, 1.807) is 17.6 Å². The lowest BCUT2D eigenvalue weighted by atomic mass is 9.97. The predicted octanol–water partition coefficient (Wildman–Crippen LogP) is 3.18. The second-order valence-corrected chi connectivity index (χ2v) is 6.49. The minimum atomic E-state index is -0.211. The number of aromatic nitrogens is 1. The lowest BCUT2D eigenvalue weighted by Crippen LogP contribution is -2.52. The van der Waals surface area contributed by atoms with Gasteiger partial charge in [0, 0.05) is 6.54 Å². The van der Waals surface area contributed by atoms with Crippen molar-refractivity contribution < 1.29 is 9.21 Å². The molecule has 1 saturated carbocycles. The number of nitrogens with two attached hydrogens (primary N) is 1. The van der Waals surface area contributed by atoms with E-state index in [1.807, 2.05) is 17.5 Å². The number of hydrogen-bond donors (Lipinski definition) is 2. The molecule has 0 radical (unpaired) electrons. The average Bonchev–Trinajstić information content (AvgIpc) is 3.19. The number of carbonyl (C=O) groups excluding carboxylic acids is 1. The van der Waals surface area contributed by atoms with Gasteiger partial charge in [0.25, 0.3) is 0 Å². The second-order valence-electron chi connectivity index (χ2n) is 5.54.